The zero-order valence-corrected chi connectivity index (χ0v) is 47.6. The van der Waals surface area contributed by atoms with E-state index in [9.17, 15) is 14.4 Å². The van der Waals surface area contributed by atoms with Crippen molar-refractivity contribution in [3.8, 4) is 0 Å². The van der Waals surface area contributed by atoms with Crippen molar-refractivity contribution in [3.05, 3.63) is 109 Å². The smallest absolute Gasteiger partial charge is 0.306 e. The highest BCUT2D eigenvalue weighted by Crippen LogP contribution is 2.16. The van der Waals surface area contributed by atoms with Gasteiger partial charge in [0, 0.05) is 19.3 Å². The molecule has 0 aliphatic rings. The van der Waals surface area contributed by atoms with E-state index in [4.69, 9.17) is 14.2 Å². The highest BCUT2D eigenvalue weighted by atomic mass is 16.6. The number of carbonyl (C=O) groups is 3. The van der Waals surface area contributed by atoms with Crippen molar-refractivity contribution in [1.29, 1.82) is 0 Å². The van der Waals surface area contributed by atoms with Gasteiger partial charge in [-0.3, -0.25) is 14.4 Å². The lowest BCUT2D eigenvalue weighted by Gasteiger charge is -2.18. The second kappa shape index (κ2) is 60.6. The second-order valence-corrected chi connectivity index (χ2v) is 19.9. The molecule has 0 fully saturated rings. The Balaban J connectivity index is 4.52. The summed E-state index contributed by atoms with van der Waals surface area (Å²) >= 11 is 0. The van der Waals surface area contributed by atoms with Crippen LogP contribution in [0.1, 0.15) is 278 Å². The average molecular weight is 1010 g/mol. The van der Waals surface area contributed by atoms with Crippen molar-refractivity contribution in [1.82, 2.24) is 0 Å². The summed E-state index contributed by atoms with van der Waals surface area (Å²) in [4.78, 5) is 38.2. The van der Waals surface area contributed by atoms with Gasteiger partial charge < -0.3 is 14.2 Å². The first kappa shape index (κ1) is 69.1. The quantitative estimate of drug-likeness (QED) is 0.0261. The lowest BCUT2D eigenvalue weighted by Crippen LogP contribution is -2.30. The SMILES string of the molecule is CC/C=C\C/C=C\C/C=C\C/C=C\C/C=C\C/C=C\CCC(=O)OC[C@@H](COC(=O)CCCCCC/C=C\C/C=C\C/C=C\CCCCC)OC(=O)CCCCCCCCCCCCCCCCCCCCC. The number of rotatable bonds is 54. The molecule has 0 saturated carbocycles. The minimum Gasteiger partial charge on any atom is -0.462 e. The van der Waals surface area contributed by atoms with Crippen LogP contribution in [0, 0.1) is 0 Å². The molecule has 0 aromatic heterocycles. The number of allylic oxidation sites excluding steroid dienone is 18. The topological polar surface area (TPSA) is 78.9 Å². The van der Waals surface area contributed by atoms with Crippen molar-refractivity contribution in [2.24, 2.45) is 0 Å². The Morgan fingerprint density at radius 2 is 0.562 bits per heavy atom. The summed E-state index contributed by atoms with van der Waals surface area (Å²) in [6, 6.07) is 0. The normalized spacial score (nSPS) is 12.9. The van der Waals surface area contributed by atoms with Gasteiger partial charge in [0.1, 0.15) is 13.2 Å². The minimum atomic E-state index is -0.819. The van der Waals surface area contributed by atoms with Gasteiger partial charge in [0.15, 0.2) is 6.10 Å². The van der Waals surface area contributed by atoms with Crippen LogP contribution in [0.5, 0.6) is 0 Å². The average Bonchev–Trinajstić information content (AvgIpc) is 3.39. The van der Waals surface area contributed by atoms with Crippen LogP contribution >= 0.6 is 0 Å². The van der Waals surface area contributed by atoms with E-state index in [-0.39, 0.29) is 37.5 Å². The molecule has 1 atom stereocenters. The maximum Gasteiger partial charge on any atom is 0.306 e. The molecule has 0 N–H and O–H groups in total. The maximum absolute atomic E-state index is 12.9. The van der Waals surface area contributed by atoms with E-state index in [0.29, 0.717) is 19.3 Å². The van der Waals surface area contributed by atoms with Crippen LogP contribution in [0.3, 0.4) is 0 Å². The van der Waals surface area contributed by atoms with Crippen LogP contribution in [0.25, 0.3) is 0 Å². The van der Waals surface area contributed by atoms with Gasteiger partial charge in [0.05, 0.1) is 0 Å². The molecule has 0 aliphatic heterocycles. The Morgan fingerprint density at radius 1 is 0.288 bits per heavy atom. The zero-order valence-electron chi connectivity index (χ0n) is 47.6. The Kier molecular flexibility index (Phi) is 57.4. The first-order valence-corrected chi connectivity index (χ1v) is 30.4. The van der Waals surface area contributed by atoms with Gasteiger partial charge in [-0.2, -0.15) is 0 Å². The summed E-state index contributed by atoms with van der Waals surface area (Å²) in [5.41, 5.74) is 0. The molecule has 0 spiro atoms. The number of hydrogen-bond acceptors (Lipinski definition) is 6. The van der Waals surface area contributed by atoms with E-state index in [1.54, 1.807) is 0 Å². The summed E-state index contributed by atoms with van der Waals surface area (Å²) in [6.07, 6.45) is 82.4. The van der Waals surface area contributed by atoms with Crippen LogP contribution < -0.4 is 0 Å². The molecule has 0 rings (SSSR count). The number of unbranched alkanes of at least 4 members (excludes halogenated alkanes) is 25. The summed E-state index contributed by atoms with van der Waals surface area (Å²) < 4.78 is 16.8. The summed E-state index contributed by atoms with van der Waals surface area (Å²) in [7, 11) is 0. The third-order valence-electron chi connectivity index (χ3n) is 12.8. The molecule has 0 radical (unpaired) electrons. The van der Waals surface area contributed by atoms with Crippen molar-refractivity contribution in [3.63, 3.8) is 0 Å². The first-order valence-electron chi connectivity index (χ1n) is 30.4. The molecule has 0 aromatic rings. The lowest BCUT2D eigenvalue weighted by molar-refractivity contribution is -0.166. The number of carbonyl (C=O) groups excluding carboxylic acids is 3. The number of hydrogen-bond donors (Lipinski definition) is 0. The van der Waals surface area contributed by atoms with Crippen LogP contribution in [-0.4, -0.2) is 37.2 Å². The maximum atomic E-state index is 12.9. The van der Waals surface area contributed by atoms with Crippen molar-refractivity contribution >= 4 is 17.9 Å². The molecule has 6 nitrogen and oxygen atoms in total. The van der Waals surface area contributed by atoms with Gasteiger partial charge in [-0.05, 0) is 96.3 Å². The molecule has 0 aromatic carbocycles. The number of esters is 3. The highest BCUT2D eigenvalue weighted by molar-refractivity contribution is 5.71. The van der Waals surface area contributed by atoms with Crippen molar-refractivity contribution < 1.29 is 28.6 Å². The van der Waals surface area contributed by atoms with E-state index in [1.165, 1.54) is 128 Å². The second-order valence-electron chi connectivity index (χ2n) is 19.9. The number of ether oxygens (including phenoxy) is 3. The van der Waals surface area contributed by atoms with E-state index in [0.717, 1.165) is 103 Å². The summed E-state index contributed by atoms with van der Waals surface area (Å²) in [5, 5.41) is 0. The molecule has 73 heavy (non-hydrogen) atoms. The molecule has 6 heteroatoms. The highest BCUT2D eigenvalue weighted by Gasteiger charge is 2.19. The first-order chi connectivity index (χ1) is 36.0. The zero-order chi connectivity index (χ0) is 52.9. The molecule has 0 saturated heterocycles. The van der Waals surface area contributed by atoms with Crippen LogP contribution in [0.2, 0.25) is 0 Å². The largest absolute Gasteiger partial charge is 0.462 e. The van der Waals surface area contributed by atoms with Crippen molar-refractivity contribution in [2.75, 3.05) is 13.2 Å². The van der Waals surface area contributed by atoms with Gasteiger partial charge in [0.2, 0.25) is 0 Å². The molecule has 0 unspecified atom stereocenters. The van der Waals surface area contributed by atoms with E-state index in [2.05, 4.69) is 124 Å². The van der Waals surface area contributed by atoms with Crippen LogP contribution in [0.4, 0.5) is 0 Å². The third kappa shape index (κ3) is 58.8. The summed E-state index contributed by atoms with van der Waals surface area (Å²) in [6.45, 7) is 6.43. The van der Waals surface area contributed by atoms with E-state index < -0.39 is 6.10 Å². The predicted molar refractivity (Wildman–Crippen MR) is 316 cm³/mol. The Morgan fingerprint density at radius 3 is 0.945 bits per heavy atom. The molecule has 0 amide bonds. The van der Waals surface area contributed by atoms with E-state index >= 15 is 0 Å². The van der Waals surface area contributed by atoms with Gasteiger partial charge in [0.25, 0.3) is 0 Å². The fourth-order valence-electron chi connectivity index (χ4n) is 8.24. The molecule has 0 bridgehead atoms. The molecule has 416 valence electrons. The van der Waals surface area contributed by atoms with Gasteiger partial charge in [-0.25, -0.2) is 0 Å². The third-order valence-corrected chi connectivity index (χ3v) is 12.8. The molecular weight excluding hydrogens is 901 g/mol. The lowest BCUT2D eigenvalue weighted by atomic mass is 10.0. The van der Waals surface area contributed by atoms with Crippen molar-refractivity contribution in [2.45, 2.75) is 284 Å². The molecular formula is C67H112O6. The van der Waals surface area contributed by atoms with E-state index in [1.807, 2.05) is 6.08 Å². The fraction of sp³-hybridized carbons (Fsp3) is 0.687. The van der Waals surface area contributed by atoms with Gasteiger partial charge in [-0.15, -0.1) is 0 Å². The predicted octanol–water partition coefficient (Wildman–Crippen LogP) is 20.7. The van der Waals surface area contributed by atoms with Crippen LogP contribution in [-0.2, 0) is 28.6 Å². The fourth-order valence-corrected chi connectivity index (χ4v) is 8.24. The Bertz CT molecular complexity index is 1490. The minimum absolute atomic E-state index is 0.112. The summed E-state index contributed by atoms with van der Waals surface area (Å²) in [5.74, 6) is -1.01. The standard InChI is InChI=1S/C67H112O6/c1-4-7-10-13-16-19-22-25-28-31-33-36-39-42-45-48-51-54-57-60-66(69)72-63-64(62-71-65(68)59-56-53-50-47-44-41-38-35-30-27-24-21-18-15-12-9-6-3)73-67(70)61-58-55-52-49-46-43-40-37-34-32-29-26-23-20-17-14-11-8-5-2/h7,10,16,18-19,21,25,27-28,30,33,36,38,41-42,45,51,54,64H,4-6,8-9,11-15,17,20,22-24,26,29,31-32,34-35,37,39-40,43-44,46-50,52-53,55-63H2,1-3H3/b10-7-,19-16-,21-18-,28-25-,30-27-,36-33-,41-38-,45-42-,54-51-/t64-/m1/s1. The van der Waals surface area contributed by atoms with Gasteiger partial charge in [-0.1, -0.05) is 271 Å². The monoisotopic (exact) mass is 1010 g/mol. The molecule has 0 heterocycles. The molecule has 0 aliphatic carbocycles. The van der Waals surface area contributed by atoms with Crippen LogP contribution in [0.15, 0.2) is 109 Å². The Hall–Kier alpha value is -3.93. The Labute approximate surface area is 450 Å². The van der Waals surface area contributed by atoms with Gasteiger partial charge >= 0.3 is 17.9 Å².